The molecule has 1 nitrogen and oxygen atoms in total. The minimum absolute atomic E-state index is 0.414. The number of rotatable bonds is 0. The van der Waals surface area contributed by atoms with E-state index < -0.39 is 0 Å². The number of alkyl halides is 1. The van der Waals surface area contributed by atoms with Gasteiger partial charge in [0.25, 0.3) is 0 Å². The van der Waals surface area contributed by atoms with Gasteiger partial charge in [0.05, 0.1) is 0 Å². The quantitative estimate of drug-likeness (QED) is 0.551. The van der Waals surface area contributed by atoms with Gasteiger partial charge in [0, 0.05) is 21.4 Å². The lowest BCUT2D eigenvalue weighted by molar-refractivity contribution is 0.981. The number of fused-ring (bicyclic) bond motifs is 5. The van der Waals surface area contributed by atoms with Crippen LogP contribution in [0.4, 0.5) is 0 Å². The molecular formula is C16H12BrN. The molecule has 1 aliphatic rings. The first-order valence-electron chi connectivity index (χ1n) is 6.18. The number of benzene rings is 2. The molecule has 0 saturated heterocycles. The molecule has 1 heterocycles. The maximum Gasteiger partial charge on any atom is 0.0468 e. The van der Waals surface area contributed by atoms with Crippen LogP contribution in [0.1, 0.15) is 22.5 Å². The molecule has 0 saturated carbocycles. The first kappa shape index (κ1) is 10.4. The first-order valence-corrected chi connectivity index (χ1v) is 7.10. The molecule has 3 aromatic rings. The Balaban J connectivity index is 2.24. The van der Waals surface area contributed by atoms with E-state index in [-0.39, 0.29) is 0 Å². The van der Waals surface area contributed by atoms with E-state index in [1.54, 1.807) is 0 Å². The molecule has 0 bridgehead atoms. The summed E-state index contributed by atoms with van der Waals surface area (Å²) in [4.78, 5) is 3.94. The molecule has 1 atom stereocenters. The van der Waals surface area contributed by atoms with Gasteiger partial charge < -0.3 is 4.98 Å². The van der Waals surface area contributed by atoms with Crippen molar-refractivity contribution in [2.75, 3.05) is 0 Å². The third-order valence-corrected chi connectivity index (χ3v) is 4.53. The van der Waals surface area contributed by atoms with E-state index in [2.05, 4.69) is 69.5 Å². The second-order valence-electron chi connectivity index (χ2n) is 4.77. The summed E-state index contributed by atoms with van der Waals surface area (Å²) in [6.07, 6.45) is 5.48. The summed E-state index contributed by atoms with van der Waals surface area (Å²) in [7, 11) is 0. The van der Waals surface area contributed by atoms with Gasteiger partial charge in [-0.1, -0.05) is 52.3 Å². The predicted octanol–water partition coefficient (Wildman–Crippen LogP) is 5.17. The van der Waals surface area contributed by atoms with Crippen LogP contribution in [0.3, 0.4) is 0 Å². The fourth-order valence-electron chi connectivity index (χ4n) is 2.89. The zero-order valence-electron chi connectivity index (χ0n) is 9.78. The minimum atomic E-state index is 0.414. The van der Waals surface area contributed by atoms with Gasteiger partial charge in [0.1, 0.15) is 0 Å². The van der Waals surface area contributed by atoms with Crippen LogP contribution in [0.25, 0.3) is 27.8 Å². The maximum atomic E-state index is 3.80. The Kier molecular flexibility index (Phi) is 2.15. The second-order valence-corrected chi connectivity index (χ2v) is 5.87. The zero-order valence-corrected chi connectivity index (χ0v) is 11.4. The van der Waals surface area contributed by atoms with Gasteiger partial charge in [-0.05, 0) is 34.9 Å². The van der Waals surface area contributed by atoms with Crippen LogP contribution in [0, 0.1) is 0 Å². The van der Waals surface area contributed by atoms with Gasteiger partial charge in [-0.3, -0.25) is 0 Å². The summed E-state index contributed by atoms with van der Waals surface area (Å²) in [6.45, 7) is 0. The Morgan fingerprint density at radius 2 is 2.00 bits per heavy atom. The van der Waals surface area contributed by atoms with Crippen molar-refractivity contribution < 1.29 is 0 Å². The number of halogens is 1. The van der Waals surface area contributed by atoms with Crippen molar-refractivity contribution in [1.29, 1.82) is 0 Å². The molecule has 1 unspecified atom stereocenters. The third-order valence-electron chi connectivity index (χ3n) is 3.70. The van der Waals surface area contributed by atoms with Gasteiger partial charge in [-0.2, -0.15) is 0 Å². The Labute approximate surface area is 114 Å². The van der Waals surface area contributed by atoms with Crippen LogP contribution < -0.4 is 0 Å². The van der Waals surface area contributed by atoms with Crippen LogP contribution in [-0.4, -0.2) is 4.98 Å². The number of H-pyrrole nitrogens is 1. The molecule has 2 aromatic carbocycles. The fourth-order valence-corrected chi connectivity index (χ4v) is 3.58. The Morgan fingerprint density at radius 3 is 2.94 bits per heavy atom. The normalized spacial score (nSPS) is 18.4. The van der Waals surface area contributed by atoms with Crippen molar-refractivity contribution in [2.24, 2.45) is 0 Å². The highest BCUT2D eigenvalue weighted by atomic mass is 79.9. The third kappa shape index (κ3) is 1.33. The number of aromatic nitrogens is 1. The molecule has 0 aliphatic heterocycles. The Hall–Kier alpha value is -1.54. The number of allylic oxidation sites excluding steroid dienone is 1. The van der Waals surface area contributed by atoms with Gasteiger partial charge in [0.2, 0.25) is 0 Å². The Morgan fingerprint density at radius 1 is 1.11 bits per heavy atom. The largest absolute Gasteiger partial charge is 0.355 e. The molecule has 1 N–H and O–H groups in total. The van der Waals surface area contributed by atoms with Crippen LogP contribution in [0.2, 0.25) is 0 Å². The molecule has 18 heavy (non-hydrogen) atoms. The smallest absolute Gasteiger partial charge is 0.0468 e. The summed E-state index contributed by atoms with van der Waals surface area (Å²) in [5.74, 6) is 0. The highest BCUT2D eigenvalue weighted by Gasteiger charge is 2.20. The van der Waals surface area contributed by atoms with Crippen molar-refractivity contribution in [3.63, 3.8) is 0 Å². The van der Waals surface area contributed by atoms with E-state index in [4.69, 9.17) is 0 Å². The van der Waals surface area contributed by atoms with Crippen molar-refractivity contribution >= 4 is 43.7 Å². The summed E-state index contributed by atoms with van der Waals surface area (Å²) in [6, 6.07) is 13.0. The van der Waals surface area contributed by atoms with E-state index in [9.17, 15) is 0 Å². The van der Waals surface area contributed by atoms with Crippen LogP contribution in [0.15, 0.2) is 42.5 Å². The van der Waals surface area contributed by atoms with E-state index in [1.165, 1.54) is 32.9 Å². The highest BCUT2D eigenvalue weighted by molar-refractivity contribution is 9.09. The molecule has 2 heteroatoms. The summed E-state index contributed by atoms with van der Waals surface area (Å²) in [5.41, 5.74) is 3.88. The van der Waals surface area contributed by atoms with Crippen LogP contribution in [0.5, 0.6) is 0 Å². The monoisotopic (exact) mass is 297 g/mol. The maximum absolute atomic E-state index is 3.80. The standard InChI is InChI=1S/C16H12BrN/c17-12-6-3-7-13-16(12)15-11-5-2-1-4-10(11)8-9-14(15)18-13/h1-5,7-9,12,18H,6H2. The second kappa shape index (κ2) is 3.72. The lowest BCUT2D eigenvalue weighted by atomic mass is 9.97. The summed E-state index contributed by atoms with van der Waals surface area (Å²) >= 11 is 3.80. The molecule has 0 radical (unpaired) electrons. The van der Waals surface area contributed by atoms with Crippen molar-refractivity contribution in [3.05, 3.63) is 53.7 Å². The molecule has 1 aromatic heterocycles. The minimum Gasteiger partial charge on any atom is -0.355 e. The molecule has 0 spiro atoms. The van der Waals surface area contributed by atoms with Crippen LogP contribution >= 0.6 is 15.9 Å². The van der Waals surface area contributed by atoms with Crippen LogP contribution in [-0.2, 0) is 0 Å². The van der Waals surface area contributed by atoms with E-state index in [0.29, 0.717) is 4.83 Å². The highest BCUT2D eigenvalue weighted by Crippen LogP contribution is 2.41. The van der Waals surface area contributed by atoms with Gasteiger partial charge in [-0.25, -0.2) is 0 Å². The van der Waals surface area contributed by atoms with E-state index >= 15 is 0 Å². The van der Waals surface area contributed by atoms with Crippen molar-refractivity contribution in [2.45, 2.75) is 11.2 Å². The number of hydrogen-bond donors (Lipinski definition) is 1. The molecule has 0 amide bonds. The first-order chi connectivity index (χ1) is 8.84. The average molecular weight is 298 g/mol. The molecular weight excluding hydrogens is 286 g/mol. The lowest BCUT2D eigenvalue weighted by Gasteiger charge is -2.13. The van der Waals surface area contributed by atoms with Gasteiger partial charge in [0.15, 0.2) is 0 Å². The van der Waals surface area contributed by atoms with E-state index in [0.717, 1.165) is 6.42 Å². The number of aromatic amines is 1. The predicted molar refractivity (Wildman–Crippen MR) is 81.1 cm³/mol. The lowest BCUT2D eigenvalue weighted by Crippen LogP contribution is -1.94. The average Bonchev–Trinajstić information content (AvgIpc) is 2.79. The summed E-state index contributed by atoms with van der Waals surface area (Å²) in [5, 5.41) is 4.02. The topological polar surface area (TPSA) is 15.8 Å². The van der Waals surface area contributed by atoms with Gasteiger partial charge in [-0.15, -0.1) is 0 Å². The van der Waals surface area contributed by atoms with Crippen molar-refractivity contribution in [1.82, 2.24) is 4.98 Å². The Bertz CT molecular complexity index is 782. The summed E-state index contributed by atoms with van der Waals surface area (Å²) < 4.78 is 0. The SMILES string of the molecule is BrC1CC=Cc2[nH]c3ccc4ccccc4c3c21. The zero-order chi connectivity index (χ0) is 12.1. The van der Waals surface area contributed by atoms with Crippen molar-refractivity contribution in [3.8, 4) is 0 Å². The number of hydrogen-bond acceptors (Lipinski definition) is 0. The molecule has 0 fully saturated rings. The van der Waals surface area contributed by atoms with E-state index in [1.807, 2.05) is 0 Å². The fraction of sp³-hybridized carbons (Fsp3) is 0.125. The molecule has 1 aliphatic carbocycles. The molecule has 4 rings (SSSR count). The molecule has 88 valence electrons. The number of nitrogens with one attached hydrogen (secondary N) is 1. The van der Waals surface area contributed by atoms with Gasteiger partial charge >= 0.3 is 0 Å².